The largest absolute Gasteiger partial charge is 0.350 e. The number of para-hydroxylation sites is 1. The van der Waals surface area contributed by atoms with Crippen molar-refractivity contribution in [1.82, 2.24) is 15.1 Å². The molecule has 0 fully saturated rings. The Morgan fingerprint density at radius 2 is 1.84 bits per heavy atom. The van der Waals surface area contributed by atoms with Crippen LogP contribution in [0.2, 0.25) is 0 Å². The van der Waals surface area contributed by atoms with Gasteiger partial charge in [0.25, 0.3) is 0 Å². The highest BCUT2D eigenvalue weighted by Crippen LogP contribution is 2.17. The minimum Gasteiger partial charge on any atom is -0.350 e. The van der Waals surface area contributed by atoms with Gasteiger partial charge in [0.1, 0.15) is 0 Å². The lowest BCUT2D eigenvalue weighted by atomic mass is 10.0. The van der Waals surface area contributed by atoms with Crippen molar-refractivity contribution in [3.05, 3.63) is 83.7 Å². The van der Waals surface area contributed by atoms with Gasteiger partial charge in [0, 0.05) is 12.6 Å². The first-order valence-corrected chi connectivity index (χ1v) is 8.57. The molecule has 2 aromatic carbocycles. The molecule has 0 saturated carbocycles. The first-order chi connectivity index (χ1) is 12.1. The predicted molar refractivity (Wildman–Crippen MR) is 99.6 cm³/mol. The lowest BCUT2D eigenvalue weighted by Crippen LogP contribution is -2.27. The van der Waals surface area contributed by atoms with Crippen molar-refractivity contribution < 1.29 is 4.79 Å². The van der Waals surface area contributed by atoms with E-state index in [0.717, 1.165) is 16.8 Å². The van der Waals surface area contributed by atoms with Crippen molar-refractivity contribution in [3.63, 3.8) is 0 Å². The summed E-state index contributed by atoms with van der Waals surface area (Å²) in [6.07, 6.45) is 4.94. The normalized spacial score (nSPS) is 11.9. The number of nitrogens with one attached hydrogen (secondary N) is 1. The molecule has 0 aliphatic heterocycles. The zero-order chi connectivity index (χ0) is 17.6. The van der Waals surface area contributed by atoms with Crippen LogP contribution in [0.4, 0.5) is 0 Å². The molecule has 1 N–H and O–H groups in total. The molecule has 0 aliphatic carbocycles. The summed E-state index contributed by atoms with van der Waals surface area (Å²) in [5.74, 6) is 0.0585. The van der Waals surface area contributed by atoms with E-state index in [4.69, 9.17) is 0 Å². The molecule has 3 aromatic rings. The average molecular weight is 333 g/mol. The smallest absolute Gasteiger partial charge is 0.220 e. The van der Waals surface area contributed by atoms with Crippen LogP contribution in [0.3, 0.4) is 0 Å². The zero-order valence-electron chi connectivity index (χ0n) is 14.6. The second-order valence-electron chi connectivity index (χ2n) is 6.27. The van der Waals surface area contributed by atoms with Gasteiger partial charge < -0.3 is 5.32 Å². The monoisotopic (exact) mass is 333 g/mol. The molecule has 0 spiro atoms. The third kappa shape index (κ3) is 4.35. The Labute approximate surface area is 148 Å². The SMILES string of the molecule is Cc1ccccc1C(C)NC(=O)CCc1cnn(-c2ccccc2)c1. The van der Waals surface area contributed by atoms with Crippen molar-refractivity contribution in [2.24, 2.45) is 0 Å². The predicted octanol–water partition coefficient (Wildman–Crippen LogP) is 3.99. The number of amides is 1. The van der Waals surface area contributed by atoms with Crippen molar-refractivity contribution in [3.8, 4) is 5.69 Å². The van der Waals surface area contributed by atoms with E-state index in [9.17, 15) is 4.79 Å². The summed E-state index contributed by atoms with van der Waals surface area (Å²) < 4.78 is 1.84. The van der Waals surface area contributed by atoms with Crippen LogP contribution in [0.1, 0.15) is 36.1 Å². The van der Waals surface area contributed by atoms with E-state index >= 15 is 0 Å². The molecule has 0 saturated heterocycles. The Morgan fingerprint density at radius 3 is 2.60 bits per heavy atom. The second kappa shape index (κ2) is 7.79. The maximum absolute atomic E-state index is 12.2. The van der Waals surface area contributed by atoms with Gasteiger partial charge >= 0.3 is 0 Å². The molecule has 4 nitrogen and oxygen atoms in total. The van der Waals surface area contributed by atoms with Crippen molar-refractivity contribution in [1.29, 1.82) is 0 Å². The van der Waals surface area contributed by atoms with Gasteiger partial charge in [-0.25, -0.2) is 4.68 Å². The molecule has 1 atom stereocenters. The van der Waals surface area contributed by atoms with Gasteiger partial charge in [-0.05, 0) is 49.1 Å². The Bertz CT molecular complexity index is 839. The van der Waals surface area contributed by atoms with Crippen molar-refractivity contribution in [2.45, 2.75) is 32.7 Å². The molecule has 1 heterocycles. The molecule has 1 aromatic heterocycles. The number of rotatable bonds is 6. The van der Waals surface area contributed by atoms with Crippen LogP contribution in [-0.4, -0.2) is 15.7 Å². The van der Waals surface area contributed by atoms with Crippen LogP contribution in [-0.2, 0) is 11.2 Å². The summed E-state index contributed by atoms with van der Waals surface area (Å²) >= 11 is 0. The number of benzene rings is 2. The third-order valence-electron chi connectivity index (χ3n) is 4.33. The quantitative estimate of drug-likeness (QED) is 0.741. The third-order valence-corrected chi connectivity index (χ3v) is 4.33. The number of hydrogen-bond acceptors (Lipinski definition) is 2. The second-order valence-corrected chi connectivity index (χ2v) is 6.27. The Kier molecular flexibility index (Phi) is 5.29. The van der Waals surface area contributed by atoms with Crippen LogP contribution >= 0.6 is 0 Å². The zero-order valence-corrected chi connectivity index (χ0v) is 14.6. The minimum atomic E-state index is 0.0146. The topological polar surface area (TPSA) is 46.9 Å². The number of aryl methyl sites for hydroxylation is 2. The van der Waals surface area contributed by atoms with Gasteiger partial charge in [-0.2, -0.15) is 5.10 Å². The lowest BCUT2D eigenvalue weighted by molar-refractivity contribution is -0.121. The number of aromatic nitrogens is 2. The van der Waals surface area contributed by atoms with E-state index < -0.39 is 0 Å². The van der Waals surface area contributed by atoms with Crippen molar-refractivity contribution in [2.75, 3.05) is 0 Å². The van der Waals surface area contributed by atoms with Gasteiger partial charge in [0.2, 0.25) is 5.91 Å². The van der Waals surface area contributed by atoms with E-state index in [1.807, 2.05) is 66.5 Å². The van der Waals surface area contributed by atoms with Gasteiger partial charge in [-0.15, -0.1) is 0 Å². The molecular weight excluding hydrogens is 310 g/mol. The summed E-state index contributed by atoms with van der Waals surface area (Å²) in [5, 5.41) is 7.45. The number of hydrogen-bond donors (Lipinski definition) is 1. The first-order valence-electron chi connectivity index (χ1n) is 8.57. The van der Waals surface area contributed by atoms with Gasteiger partial charge in [-0.1, -0.05) is 42.5 Å². The van der Waals surface area contributed by atoms with Gasteiger partial charge in [-0.3, -0.25) is 4.79 Å². The number of carbonyl (C=O) groups excluding carboxylic acids is 1. The molecule has 0 radical (unpaired) electrons. The van der Waals surface area contributed by atoms with E-state index in [2.05, 4.69) is 29.5 Å². The summed E-state index contributed by atoms with van der Waals surface area (Å²) in [5.41, 5.74) is 4.43. The van der Waals surface area contributed by atoms with E-state index in [1.165, 1.54) is 5.56 Å². The molecule has 1 unspecified atom stereocenters. The molecule has 128 valence electrons. The number of nitrogens with zero attached hydrogens (tertiary/aromatic N) is 2. The lowest BCUT2D eigenvalue weighted by Gasteiger charge is -2.16. The summed E-state index contributed by atoms with van der Waals surface area (Å²) in [4.78, 5) is 12.2. The first kappa shape index (κ1) is 17.0. The van der Waals surface area contributed by atoms with Crippen molar-refractivity contribution >= 4 is 5.91 Å². The highest BCUT2D eigenvalue weighted by molar-refractivity contribution is 5.76. The fraction of sp³-hybridized carbons (Fsp3) is 0.238. The number of carbonyl (C=O) groups is 1. The van der Waals surface area contributed by atoms with Gasteiger partial charge in [0.05, 0.1) is 17.9 Å². The minimum absolute atomic E-state index is 0.0146. The molecule has 0 aliphatic rings. The van der Waals surface area contributed by atoms with Crippen LogP contribution < -0.4 is 5.32 Å². The van der Waals surface area contributed by atoms with Crippen LogP contribution in [0.15, 0.2) is 67.0 Å². The average Bonchev–Trinajstić information content (AvgIpc) is 3.10. The van der Waals surface area contributed by atoms with E-state index in [1.54, 1.807) is 0 Å². The Balaban J connectivity index is 1.54. The summed E-state index contributed by atoms with van der Waals surface area (Å²) in [7, 11) is 0. The maximum atomic E-state index is 12.2. The van der Waals surface area contributed by atoms with Crippen LogP contribution in [0, 0.1) is 6.92 Å². The highest BCUT2D eigenvalue weighted by atomic mass is 16.1. The Hall–Kier alpha value is -2.88. The van der Waals surface area contributed by atoms with Gasteiger partial charge in [0.15, 0.2) is 0 Å². The van der Waals surface area contributed by atoms with Crippen LogP contribution in [0.25, 0.3) is 5.69 Å². The molecule has 1 amide bonds. The fourth-order valence-corrected chi connectivity index (χ4v) is 2.93. The Morgan fingerprint density at radius 1 is 1.12 bits per heavy atom. The van der Waals surface area contributed by atoms with E-state index in [-0.39, 0.29) is 11.9 Å². The summed E-state index contributed by atoms with van der Waals surface area (Å²) in [6, 6.07) is 18.1. The fourth-order valence-electron chi connectivity index (χ4n) is 2.93. The van der Waals surface area contributed by atoms with E-state index in [0.29, 0.717) is 12.8 Å². The summed E-state index contributed by atoms with van der Waals surface area (Å²) in [6.45, 7) is 4.09. The molecular formula is C21H23N3O. The maximum Gasteiger partial charge on any atom is 0.220 e. The van der Waals surface area contributed by atoms with Crippen LogP contribution in [0.5, 0.6) is 0 Å². The highest BCUT2D eigenvalue weighted by Gasteiger charge is 2.11. The standard InChI is InChI=1S/C21H23N3O/c1-16-8-6-7-11-20(16)17(2)23-21(25)13-12-18-14-22-24(15-18)19-9-4-3-5-10-19/h3-11,14-15,17H,12-13H2,1-2H3,(H,23,25). The molecule has 25 heavy (non-hydrogen) atoms. The molecule has 0 bridgehead atoms. The molecule has 4 heteroatoms. The molecule has 3 rings (SSSR count).